The van der Waals surface area contributed by atoms with Crippen LogP contribution in [0.25, 0.3) is 0 Å². The molecule has 4 nitrogen and oxygen atoms in total. The lowest BCUT2D eigenvalue weighted by molar-refractivity contribution is 0.0698. The van der Waals surface area contributed by atoms with Crippen LogP contribution < -0.4 is 5.32 Å². The van der Waals surface area contributed by atoms with Crippen molar-refractivity contribution in [3.05, 3.63) is 48.5 Å². The zero-order chi connectivity index (χ0) is 15.6. The molecule has 1 heterocycles. The van der Waals surface area contributed by atoms with Crippen LogP contribution in [0.2, 0.25) is 0 Å². The van der Waals surface area contributed by atoms with Gasteiger partial charge in [0.25, 0.3) is 5.91 Å². The number of thiophene rings is 1. The smallest absolute Gasteiger partial charge is 0.337 e. The van der Waals surface area contributed by atoms with Crippen molar-refractivity contribution in [2.24, 2.45) is 0 Å². The van der Waals surface area contributed by atoms with Crippen molar-refractivity contribution >= 4 is 60.8 Å². The van der Waals surface area contributed by atoms with Crippen LogP contribution in [0.1, 0.15) is 32.5 Å². The van der Waals surface area contributed by atoms with Gasteiger partial charge in [0, 0.05) is 8.95 Å². The minimum Gasteiger partial charge on any atom is -0.478 e. The normalized spacial score (nSPS) is 10.4. The Hall–Kier alpha value is -1.18. The molecule has 0 saturated carbocycles. The number of hydrogen-bond acceptors (Lipinski definition) is 3. The molecule has 0 unspecified atom stereocenters. The molecule has 2 rings (SSSR count). The Morgan fingerprint density at radius 3 is 2.67 bits per heavy atom. The van der Waals surface area contributed by atoms with Crippen molar-refractivity contribution in [3.8, 4) is 0 Å². The fourth-order valence-electron chi connectivity index (χ4n) is 1.85. The Morgan fingerprint density at radius 2 is 2.05 bits per heavy atom. The number of hydrogen-bond donors (Lipinski definition) is 2. The molecule has 0 radical (unpaired) electrons. The molecular formula is C14H11Br2NO3S. The van der Waals surface area contributed by atoms with Crippen LogP contribution in [0.3, 0.4) is 0 Å². The Balaban J connectivity index is 2.40. The second kappa shape index (κ2) is 6.72. The lowest BCUT2D eigenvalue weighted by Gasteiger charge is -2.11. The summed E-state index contributed by atoms with van der Waals surface area (Å²) in [6.07, 6.45) is 0.750. The van der Waals surface area contributed by atoms with E-state index in [9.17, 15) is 14.7 Å². The quantitative estimate of drug-likeness (QED) is 0.729. The second-order valence-electron chi connectivity index (χ2n) is 4.20. The monoisotopic (exact) mass is 431 g/mol. The molecule has 0 saturated heterocycles. The zero-order valence-corrected chi connectivity index (χ0v) is 14.9. The third-order valence-corrected chi connectivity index (χ3v) is 4.90. The maximum atomic E-state index is 12.3. The summed E-state index contributed by atoms with van der Waals surface area (Å²) >= 11 is 7.87. The average molecular weight is 433 g/mol. The Bertz CT molecular complexity index is 712. The third kappa shape index (κ3) is 3.53. The standard InChI is InChI=1S/C14H11Br2NO3S/c1-2-7-3-4-21-12(7)13(18)17-11-9(14(19)20)5-8(15)6-10(11)16/h3-6H,2H2,1H3,(H,17,18)(H,19,20). The zero-order valence-electron chi connectivity index (χ0n) is 10.9. The number of nitrogens with one attached hydrogen (secondary N) is 1. The number of halogens is 2. The fraction of sp³-hybridized carbons (Fsp3) is 0.143. The molecule has 110 valence electrons. The van der Waals surface area contributed by atoms with Gasteiger partial charge in [-0.1, -0.05) is 22.9 Å². The molecule has 0 fully saturated rings. The van der Waals surface area contributed by atoms with Crippen LogP contribution >= 0.6 is 43.2 Å². The molecule has 1 aromatic carbocycles. The molecule has 0 aliphatic heterocycles. The van der Waals surface area contributed by atoms with E-state index in [2.05, 4.69) is 37.2 Å². The maximum absolute atomic E-state index is 12.3. The van der Waals surface area contributed by atoms with Gasteiger partial charge in [-0.3, -0.25) is 4.79 Å². The first-order chi connectivity index (χ1) is 9.93. The molecule has 2 aromatic rings. The van der Waals surface area contributed by atoms with E-state index in [1.807, 2.05) is 18.4 Å². The van der Waals surface area contributed by atoms with E-state index in [1.54, 1.807) is 6.07 Å². The molecule has 1 amide bonds. The highest BCUT2D eigenvalue weighted by Gasteiger charge is 2.19. The first-order valence-corrected chi connectivity index (χ1v) is 8.50. The summed E-state index contributed by atoms with van der Waals surface area (Å²) in [5, 5.41) is 13.8. The van der Waals surface area contributed by atoms with Crippen molar-refractivity contribution in [2.75, 3.05) is 5.32 Å². The number of amides is 1. The van der Waals surface area contributed by atoms with Gasteiger partial charge in [-0.2, -0.15) is 0 Å². The van der Waals surface area contributed by atoms with E-state index < -0.39 is 5.97 Å². The predicted octanol–water partition coefficient (Wildman–Crippen LogP) is 4.79. The number of carbonyl (C=O) groups is 2. The van der Waals surface area contributed by atoms with E-state index in [0.29, 0.717) is 13.8 Å². The summed E-state index contributed by atoms with van der Waals surface area (Å²) in [5.41, 5.74) is 1.23. The van der Waals surface area contributed by atoms with Crippen LogP contribution in [-0.2, 0) is 6.42 Å². The van der Waals surface area contributed by atoms with Crippen LogP contribution in [0.5, 0.6) is 0 Å². The number of carbonyl (C=O) groups excluding carboxylic acids is 1. The van der Waals surface area contributed by atoms with Crippen LogP contribution in [0.4, 0.5) is 5.69 Å². The number of rotatable bonds is 4. The first-order valence-electron chi connectivity index (χ1n) is 6.04. The van der Waals surface area contributed by atoms with E-state index in [4.69, 9.17) is 0 Å². The maximum Gasteiger partial charge on any atom is 0.337 e. The van der Waals surface area contributed by atoms with Gasteiger partial charge < -0.3 is 10.4 Å². The van der Waals surface area contributed by atoms with Crippen LogP contribution in [0.15, 0.2) is 32.5 Å². The summed E-state index contributed by atoms with van der Waals surface area (Å²) in [6, 6.07) is 5.05. The second-order valence-corrected chi connectivity index (χ2v) is 6.88. The Labute approximate surface area is 142 Å². The van der Waals surface area contributed by atoms with Gasteiger partial charge in [-0.05, 0) is 51.5 Å². The largest absolute Gasteiger partial charge is 0.478 e. The van der Waals surface area contributed by atoms with Gasteiger partial charge >= 0.3 is 5.97 Å². The van der Waals surface area contributed by atoms with Crippen molar-refractivity contribution < 1.29 is 14.7 Å². The summed E-state index contributed by atoms with van der Waals surface area (Å²) in [4.78, 5) is 24.3. The Morgan fingerprint density at radius 1 is 1.33 bits per heavy atom. The van der Waals surface area contributed by atoms with Crippen molar-refractivity contribution in [1.29, 1.82) is 0 Å². The van der Waals surface area contributed by atoms with Gasteiger partial charge in [0.15, 0.2) is 0 Å². The number of anilines is 1. The van der Waals surface area contributed by atoms with Gasteiger partial charge in [0.1, 0.15) is 0 Å². The van der Waals surface area contributed by atoms with Gasteiger partial charge in [-0.25, -0.2) is 4.79 Å². The molecule has 0 spiro atoms. The number of carboxylic acids is 1. The average Bonchev–Trinajstić information content (AvgIpc) is 2.89. The number of benzene rings is 1. The predicted molar refractivity (Wildman–Crippen MR) is 90.5 cm³/mol. The third-order valence-electron chi connectivity index (χ3n) is 2.86. The molecule has 0 aliphatic carbocycles. The molecule has 0 aliphatic rings. The molecule has 2 N–H and O–H groups in total. The van der Waals surface area contributed by atoms with E-state index >= 15 is 0 Å². The minimum atomic E-state index is -1.10. The topological polar surface area (TPSA) is 66.4 Å². The number of aromatic carboxylic acids is 1. The van der Waals surface area contributed by atoms with Crippen molar-refractivity contribution in [1.82, 2.24) is 0 Å². The summed E-state index contributed by atoms with van der Waals surface area (Å²) in [6.45, 7) is 1.97. The van der Waals surface area contributed by atoms with Crippen LogP contribution in [-0.4, -0.2) is 17.0 Å². The van der Waals surface area contributed by atoms with E-state index in [0.717, 1.165) is 12.0 Å². The molecule has 0 atom stereocenters. The summed E-state index contributed by atoms with van der Waals surface area (Å²) in [5.74, 6) is -1.40. The SMILES string of the molecule is CCc1ccsc1C(=O)Nc1c(Br)cc(Br)cc1C(=O)O. The Kier molecular flexibility index (Phi) is 5.18. The van der Waals surface area contributed by atoms with Crippen molar-refractivity contribution in [3.63, 3.8) is 0 Å². The highest BCUT2D eigenvalue weighted by atomic mass is 79.9. The fourth-order valence-corrected chi connectivity index (χ4v) is 4.07. The van der Waals surface area contributed by atoms with Crippen LogP contribution in [0, 0.1) is 0 Å². The number of aryl methyl sites for hydroxylation is 1. The minimum absolute atomic E-state index is 0.0270. The lowest BCUT2D eigenvalue weighted by Crippen LogP contribution is -2.15. The van der Waals surface area contributed by atoms with E-state index in [-0.39, 0.29) is 17.2 Å². The molecule has 1 aromatic heterocycles. The molecule has 7 heteroatoms. The highest BCUT2D eigenvalue weighted by molar-refractivity contribution is 9.11. The lowest BCUT2D eigenvalue weighted by atomic mass is 10.1. The first kappa shape index (κ1) is 16.2. The van der Waals surface area contributed by atoms with E-state index in [1.165, 1.54) is 17.4 Å². The van der Waals surface area contributed by atoms with Gasteiger partial charge in [0.05, 0.1) is 16.1 Å². The molecule has 21 heavy (non-hydrogen) atoms. The van der Waals surface area contributed by atoms with Crippen molar-refractivity contribution in [2.45, 2.75) is 13.3 Å². The van der Waals surface area contributed by atoms with Gasteiger partial charge in [-0.15, -0.1) is 11.3 Å². The molecular weight excluding hydrogens is 422 g/mol. The molecule has 0 bridgehead atoms. The van der Waals surface area contributed by atoms with Gasteiger partial charge in [0.2, 0.25) is 0 Å². The highest BCUT2D eigenvalue weighted by Crippen LogP contribution is 2.32. The number of carboxylic acid groups (broad SMARTS) is 1. The summed E-state index contributed by atoms with van der Waals surface area (Å²) < 4.78 is 1.13. The summed E-state index contributed by atoms with van der Waals surface area (Å²) in [7, 11) is 0.